The van der Waals surface area contributed by atoms with Crippen molar-refractivity contribution in [2.24, 2.45) is 0 Å². The number of aromatic nitrogens is 2. The third-order valence-corrected chi connectivity index (χ3v) is 6.29. The zero-order valence-corrected chi connectivity index (χ0v) is 19.7. The van der Waals surface area contributed by atoms with Gasteiger partial charge in [-0.1, -0.05) is 58.7 Å². The summed E-state index contributed by atoms with van der Waals surface area (Å²) >= 11 is 18.9. The van der Waals surface area contributed by atoms with Crippen molar-refractivity contribution in [3.8, 4) is 0 Å². The zero-order valence-electron chi connectivity index (χ0n) is 16.6. The molecule has 0 aliphatic carbocycles. The van der Waals surface area contributed by atoms with Gasteiger partial charge in [-0.05, 0) is 35.9 Å². The van der Waals surface area contributed by atoms with Crippen LogP contribution in [0.15, 0.2) is 53.8 Å². The molecule has 0 aliphatic rings. The van der Waals surface area contributed by atoms with Crippen molar-refractivity contribution >= 4 is 64.1 Å². The van der Waals surface area contributed by atoms with Crippen LogP contribution in [0.5, 0.6) is 0 Å². The number of carbonyl (C=O) groups excluding carboxylic acids is 2. The molecule has 1 aromatic heterocycles. The summed E-state index contributed by atoms with van der Waals surface area (Å²) in [6, 6.07) is 11.9. The molecule has 0 fully saturated rings. The summed E-state index contributed by atoms with van der Waals surface area (Å²) in [5.41, 5.74) is 1.90. The first-order valence-corrected chi connectivity index (χ1v) is 11.5. The fraction of sp³-hybridized carbons (Fsp3) is 0.190. The van der Waals surface area contributed by atoms with Crippen molar-refractivity contribution in [3.63, 3.8) is 0 Å². The Bertz CT molecular complexity index is 1110. The van der Waals surface area contributed by atoms with E-state index in [1.54, 1.807) is 34.9 Å². The van der Waals surface area contributed by atoms with E-state index in [2.05, 4.69) is 15.6 Å². The van der Waals surface area contributed by atoms with Crippen LogP contribution in [0.4, 0.5) is 5.69 Å². The first-order chi connectivity index (χ1) is 15.4. The molecule has 0 unspecified atom stereocenters. The molecule has 0 saturated heterocycles. The molecule has 3 N–H and O–H groups in total. The molecule has 3 rings (SSSR count). The van der Waals surface area contributed by atoms with Gasteiger partial charge < -0.3 is 20.3 Å². The predicted molar refractivity (Wildman–Crippen MR) is 127 cm³/mol. The van der Waals surface area contributed by atoms with Gasteiger partial charge in [0.25, 0.3) is 0 Å². The second-order valence-corrected chi connectivity index (χ2v) is 8.84. The Labute approximate surface area is 204 Å². The molecule has 168 valence electrons. The molecule has 11 heteroatoms. The average molecular weight is 514 g/mol. The van der Waals surface area contributed by atoms with E-state index in [4.69, 9.17) is 34.8 Å². The van der Waals surface area contributed by atoms with Crippen LogP contribution in [0.2, 0.25) is 15.1 Å². The number of nitrogens with one attached hydrogen (secondary N) is 2. The molecule has 2 aromatic carbocycles. The summed E-state index contributed by atoms with van der Waals surface area (Å²) < 4.78 is 1.58. The number of benzene rings is 2. The molecule has 7 nitrogen and oxygen atoms in total. The molecule has 3 aromatic rings. The summed E-state index contributed by atoms with van der Waals surface area (Å²) in [4.78, 5) is 28.9. The first-order valence-electron chi connectivity index (χ1n) is 9.40. The van der Waals surface area contributed by atoms with Crippen molar-refractivity contribution in [1.29, 1.82) is 0 Å². The van der Waals surface area contributed by atoms with Crippen molar-refractivity contribution in [2.75, 3.05) is 11.1 Å². The Morgan fingerprint density at radius 3 is 2.47 bits per heavy atom. The van der Waals surface area contributed by atoms with E-state index in [-0.39, 0.29) is 30.7 Å². The van der Waals surface area contributed by atoms with Crippen LogP contribution in [-0.2, 0) is 29.3 Å². The Hall–Kier alpha value is -2.23. The van der Waals surface area contributed by atoms with E-state index in [1.807, 2.05) is 12.1 Å². The standard InChI is InChI=1S/C21H19Cl3N4O3S/c22-14-3-1-13(2-4-14)8-25-19(30)10-28-16(11-29)9-26-21(28)32-12-20(31)27-15-5-6-17(23)18(24)7-15/h1-7,9,29H,8,10-12H2,(H,25,30)(H,27,31). The molecular formula is C21H19Cl3N4O3S. The van der Waals surface area contributed by atoms with Crippen LogP contribution in [-0.4, -0.2) is 32.2 Å². The number of aliphatic hydroxyl groups is 1. The van der Waals surface area contributed by atoms with Gasteiger partial charge in [0.1, 0.15) is 6.54 Å². The van der Waals surface area contributed by atoms with Gasteiger partial charge in [0, 0.05) is 17.3 Å². The van der Waals surface area contributed by atoms with Gasteiger partial charge >= 0.3 is 0 Å². The monoisotopic (exact) mass is 512 g/mol. The summed E-state index contributed by atoms with van der Waals surface area (Å²) in [6.45, 7) is 0.0153. The smallest absolute Gasteiger partial charge is 0.240 e. The molecule has 32 heavy (non-hydrogen) atoms. The van der Waals surface area contributed by atoms with E-state index < -0.39 is 0 Å². The van der Waals surface area contributed by atoms with E-state index in [9.17, 15) is 14.7 Å². The fourth-order valence-corrected chi connectivity index (χ4v) is 3.93. The van der Waals surface area contributed by atoms with Gasteiger partial charge in [-0.25, -0.2) is 4.98 Å². The van der Waals surface area contributed by atoms with Gasteiger partial charge in [0.2, 0.25) is 11.8 Å². The molecule has 0 radical (unpaired) electrons. The lowest BCUT2D eigenvalue weighted by atomic mass is 10.2. The second kappa shape index (κ2) is 11.6. The van der Waals surface area contributed by atoms with Gasteiger partial charge in [-0.15, -0.1) is 0 Å². The number of hydrogen-bond acceptors (Lipinski definition) is 5. The third-order valence-electron chi connectivity index (χ3n) is 4.30. The number of carbonyl (C=O) groups is 2. The molecule has 0 bridgehead atoms. The number of thioether (sulfide) groups is 1. The number of aliphatic hydroxyl groups excluding tert-OH is 1. The van der Waals surface area contributed by atoms with Crippen LogP contribution < -0.4 is 10.6 Å². The number of imidazole rings is 1. The Kier molecular flexibility index (Phi) is 8.84. The maximum Gasteiger partial charge on any atom is 0.240 e. The largest absolute Gasteiger partial charge is 0.390 e. The van der Waals surface area contributed by atoms with Crippen molar-refractivity contribution in [3.05, 3.63) is 75.0 Å². The normalized spacial score (nSPS) is 10.8. The van der Waals surface area contributed by atoms with Crippen LogP contribution >= 0.6 is 46.6 Å². The Morgan fingerprint density at radius 1 is 1.03 bits per heavy atom. The minimum absolute atomic E-state index is 0.0414. The van der Waals surface area contributed by atoms with E-state index in [0.717, 1.165) is 17.3 Å². The summed E-state index contributed by atoms with van der Waals surface area (Å²) in [5, 5.41) is 16.9. The highest BCUT2D eigenvalue weighted by molar-refractivity contribution is 7.99. The lowest BCUT2D eigenvalue weighted by Gasteiger charge is -2.11. The van der Waals surface area contributed by atoms with Crippen LogP contribution in [0.1, 0.15) is 11.3 Å². The van der Waals surface area contributed by atoms with Crippen molar-refractivity contribution < 1.29 is 14.7 Å². The van der Waals surface area contributed by atoms with Crippen LogP contribution in [0.25, 0.3) is 0 Å². The Balaban J connectivity index is 1.57. The number of halogens is 3. The number of hydrogen-bond donors (Lipinski definition) is 3. The van der Waals surface area contributed by atoms with Crippen molar-refractivity contribution in [2.45, 2.75) is 24.9 Å². The zero-order chi connectivity index (χ0) is 23.1. The summed E-state index contributed by atoms with van der Waals surface area (Å²) in [5.74, 6) is -0.482. The molecule has 2 amide bonds. The van der Waals surface area contributed by atoms with E-state index in [0.29, 0.717) is 38.2 Å². The number of anilines is 1. The third kappa shape index (κ3) is 6.88. The molecular weight excluding hydrogens is 495 g/mol. The lowest BCUT2D eigenvalue weighted by Crippen LogP contribution is -2.28. The van der Waals surface area contributed by atoms with Crippen LogP contribution in [0.3, 0.4) is 0 Å². The molecule has 0 spiro atoms. The Morgan fingerprint density at radius 2 is 1.78 bits per heavy atom. The van der Waals surface area contributed by atoms with Gasteiger partial charge in [0.05, 0.1) is 34.3 Å². The quantitative estimate of drug-likeness (QED) is 0.369. The predicted octanol–water partition coefficient (Wildman–Crippen LogP) is 4.38. The fourth-order valence-electron chi connectivity index (χ4n) is 2.71. The second-order valence-electron chi connectivity index (χ2n) is 6.65. The topological polar surface area (TPSA) is 96.2 Å². The molecule has 0 saturated carbocycles. The minimum Gasteiger partial charge on any atom is -0.390 e. The minimum atomic E-state index is -0.284. The molecule has 0 aliphatic heterocycles. The highest BCUT2D eigenvalue weighted by Crippen LogP contribution is 2.25. The van der Waals surface area contributed by atoms with Crippen LogP contribution in [0, 0.1) is 0 Å². The highest BCUT2D eigenvalue weighted by atomic mass is 35.5. The van der Waals surface area contributed by atoms with Gasteiger partial charge in [-0.2, -0.15) is 0 Å². The average Bonchev–Trinajstić information content (AvgIpc) is 3.16. The summed E-state index contributed by atoms with van der Waals surface area (Å²) in [6.07, 6.45) is 1.48. The number of amides is 2. The van der Waals surface area contributed by atoms with Gasteiger partial charge in [-0.3, -0.25) is 9.59 Å². The lowest BCUT2D eigenvalue weighted by molar-refractivity contribution is -0.122. The maximum absolute atomic E-state index is 12.4. The molecule has 0 atom stereocenters. The van der Waals surface area contributed by atoms with E-state index >= 15 is 0 Å². The maximum atomic E-state index is 12.4. The molecule has 1 heterocycles. The SMILES string of the molecule is O=C(Cn1c(CO)cnc1SCC(=O)Nc1ccc(Cl)c(Cl)c1)NCc1ccc(Cl)cc1. The van der Waals surface area contributed by atoms with E-state index in [1.165, 1.54) is 6.20 Å². The number of rotatable bonds is 9. The summed E-state index contributed by atoms with van der Waals surface area (Å²) in [7, 11) is 0. The first kappa shape index (κ1) is 24.4. The highest BCUT2D eigenvalue weighted by Gasteiger charge is 2.15. The van der Waals surface area contributed by atoms with Gasteiger partial charge in [0.15, 0.2) is 5.16 Å². The number of nitrogens with zero attached hydrogens (tertiary/aromatic N) is 2. The van der Waals surface area contributed by atoms with Crippen molar-refractivity contribution in [1.82, 2.24) is 14.9 Å².